The maximum atomic E-state index is 14.7. The van der Waals surface area contributed by atoms with Crippen LogP contribution >= 0.6 is 0 Å². The van der Waals surface area contributed by atoms with Crippen LogP contribution in [0.3, 0.4) is 0 Å². The second kappa shape index (κ2) is 10.8. The number of benzene rings is 1. The average Bonchev–Trinajstić information content (AvgIpc) is 2.73. The summed E-state index contributed by atoms with van der Waals surface area (Å²) >= 11 is 0. The Bertz CT molecular complexity index is 759. The van der Waals surface area contributed by atoms with Crippen LogP contribution in [0, 0.1) is 5.82 Å². The van der Waals surface area contributed by atoms with Gasteiger partial charge in [0.25, 0.3) is 0 Å². The van der Waals surface area contributed by atoms with Crippen molar-refractivity contribution in [1.29, 1.82) is 0 Å². The first-order valence-corrected chi connectivity index (χ1v) is 11.3. The van der Waals surface area contributed by atoms with Crippen LogP contribution in [0.1, 0.15) is 52.4 Å². The minimum atomic E-state index is -0.454. The lowest BCUT2D eigenvalue weighted by Gasteiger charge is -2.35. The van der Waals surface area contributed by atoms with E-state index in [4.69, 9.17) is 4.74 Å². The van der Waals surface area contributed by atoms with Gasteiger partial charge in [-0.25, -0.2) is 9.18 Å². The number of nitrogens with zero attached hydrogens (tertiary/aromatic N) is 2. The third-order valence-electron chi connectivity index (χ3n) is 6.10. The Morgan fingerprint density at radius 1 is 1.16 bits per heavy atom. The number of urea groups is 1. The number of nitrogens with one attached hydrogen (secondary N) is 2. The van der Waals surface area contributed by atoms with Crippen LogP contribution in [0.5, 0.6) is 0 Å². The van der Waals surface area contributed by atoms with Crippen LogP contribution in [0.25, 0.3) is 0 Å². The van der Waals surface area contributed by atoms with Crippen LogP contribution in [0.4, 0.5) is 20.6 Å². The fourth-order valence-corrected chi connectivity index (χ4v) is 4.53. The van der Waals surface area contributed by atoms with Gasteiger partial charge in [0.05, 0.1) is 17.9 Å². The van der Waals surface area contributed by atoms with E-state index < -0.39 is 6.03 Å². The number of morpholine rings is 1. The Labute approximate surface area is 184 Å². The third-order valence-corrected chi connectivity index (χ3v) is 6.10. The normalized spacial score (nSPS) is 22.1. The van der Waals surface area contributed by atoms with Gasteiger partial charge in [-0.2, -0.15) is 0 Å². The van der Waals surface area contributed by atoms with Gasteiger partial charge >= 0.3 is 6.03 Å². The number of rotatable bonds is 6. The molecule has 1 saturated heterocycles. The van der Waals surface area contributed by atoms with Gasteiger partial charge in [-0.05, 0) is 44.9 Å². The van der Waals surface area contributed by atoms with Gasteiger partial charge in [0.15, 0.2) is 0 Å². The molecule has 7 nitrogen and oxygen atoms in total. The largest absolute Gasteiger partial charge is 0.372 e. The van der Waals surface area contributed by atoms with Crippen molar-refractivity contribution in [2.45, 2.75) is 70.6 Å². The van der Waals surface area contributed by atoms with E-state index in [1.165, 1.54) is 25.3 Å². The zero-order chi connectivity index (χ0) is 22.4. The summed E-state index contributed by atoms with van der Waals surface area (Å²) in [5.41, 5.74) is 0.940. The SMILES string of the molecule is C[C@@H]1CN(C(=O)CCNC(=O)Nc2ccc(N(C)C3CCCCC3)c(F)c2)C[C@@H](C)O1. The molecule has 0 spiro atoms. The zero-order valence-corrected chi connectivity index (χ0v) is 18.8. The molecule has 0 bridgehead atoms. The van der Waals surface area contributed by atoms with E-state index in [0.717, 1.165) is 12.8 Å². The molecule has 3 rings (SSSR count). The van der Waals surface area contributed by atoms with Crippen molar-refractivity contribution >= 4 is 23.3 Å². The number of hydrogen-bond donors (Lipinski definition) is 2. The van der Waals surface area contributed by atoms with Gasteiger partial charge in [0.1, 0.15) is 5.82 Å². The van der Waals surface area contributed by atoms with E-state index in [1.807, 2.05) is 25.8 Å². The predicted molar refractivity (Wildman–Crippen MR) is 120 cm³/mol. The van der Waals surface area contributed by atoms with E-state index in [2.05, 4.69) is 10.6 Å². The van der Waals surface area contributed by atoms with Crippen molar-refractivity contribution in [3.05, 3.63) is 24.0 Å². The molecule has 2 N–H and O–H groups in total. The first kappa shape index (κ1) is 23.3. The molecule has 31 heavy (non-hydrogen) atoms. The summed E-state index contributed by atoms with van der Waals surface area (Å²) in [6.45, 7) is 5.24. The molecule has 0 unspecified atom stereocenters. The van der Waals surface area contributed by atoms with Gasteiger partial charge in [-0.15, -0.1) is 0 Å². The minimum absolute atomic E-state index is 0.0107. The monoisotopic (exact) mass is 434 g/mol. The third kappa shape index (κ3) is 6.56. The lowest BCUT2D eigenvalue weighted by Crippen LogP contribution is -2.48. The Hall–Kier alpha value is -2.35. The van der Waals surface area contributed by atoms with Gasteiger partial charge in [0.2, 0.25) is 5.91 Å². The molecule has 2 atom stereocenters. The minimum Gasteiger partial charge on any atom is -0.372 e. The second-order valence-electron chi connectivity index (χ2n) is 8.76. The van der Waals surface area contributed by atoms with Crippen molar-refractivity contribution in [1.82, 2.24) is 10.2 Å². The van der Waals surface area contributed by atoms with Crippen LogP contribution in [0.2, 0.25) is 0 Å². The molecule has 2 aliphatic rings. The molecule has 3 amide bonds. The smallest absolute Gasteiger partial charge is 0.319 e. The standard InChI is InChI=1S/C23H35FN4O3/c1-16-14-28(15-17(2)31-16)22(29)11-12-25-23(30)26-18-9-10-21(20(24)13-18)27(3)19-7-5-4-6-8-19/h9-10,13,16-17,19H,4-8,11-12,14-15H2,1-3H3,(H2,25,26,30)/t16-,17-/m1/s1. The van der Waals surface area contributed by atoms with E-state index in [0.29, 0.717) is 30.5 Å². The van der Waals surface area contributed by atoms with Crippen molar-refractivity contribution < 1.29 is 18.7 Å². The highest BCUT2D eigenvalue weighted by molar-refractivity contribution is 5.89. The van der Waals surface area contributed by atoms with E-state index in [1.54, 1.807) is 17.0 Å². The number of anilines is 2. The molecule has 1 aromatic carbocycles. The maximum Gasteiger partial charge on any atom is 0.319 e. The van der Waals surface area contributed by atoms with Crippen LogP contribution < -0.4 is 15.5 Å². The van der Waals surface area contributed by atoms with Crippen molar-refractivity contribution in [3.63, 3.8) is 0 Å². The highest BCUT2D eigenvalue weighted by atomic mass is 19.1. The molecule has 0 aromatic heterocycles. The Kier molecular flexibility index (Phi) is 8.12. The lowest BCUT2D eigenvalue weighted by molar-refractivity contribution is -0.143. The summed E-state index contributed by atoms with van der Waals surface area (Å²) in [6.07, 6.45) is 6.02. The lowest BCUT2D eigenvalue weighted by atomic mass is 9.94. The number of carbonyl (C=O) groups is 2. The Balaban J connectivity index is 1.45. The average molecular weight is 435 g/mol. The van der Waals surface area contributed by atoms with E-state index in [9.17, 15) is 14.0 Å². The fourth-order valence-electron chi connectivity index (χ4n) is 4.53. The number of carbonyl (C=O) groups excluding carboxylic acids is 2. The van der Waals surface area contributed by atoms with Crippen molar-refractivity contribution in [3.8, 4) is 0 Å². The molecular weight excluding hydrogens is 399 g/mol. The van der Waals surface area contributed by atoms with E-state index >= 15 is 0 Å². The highest BCUT2D eigenvalue weighted by Crippen LogP contribution is 2.29. The van der Waals surface area contributed by atoms with Gasteiger partial charge < -0.3 is 25.2 Å². The number of hydrogen-bond acceptors (Lipinski definition) is 4. The number of amides is 3. The van der Waals surface area contributed by atoms with Crippen molar-refractivity contribution in [2.24, 2.45) is 0 Å². The summed E-state index contributed by atoms with van der Waals surface area (Å²) in [6, 6.07) is 4.67. The second-order valence-corrected chi connectivity index (χ2v) is 8.76. The fraction of sp³-hybridized carbons (Fsp3) is 0.652. The zero-order valence-electron chi connectivity index (χ0n) is 18.8. The quantitative estimate of drug-likeness (QED) is 0.715. The molecule has 172 valence electrons. The Morgan fingerprint density at radius 2 is 1.84 bits per heavy atom. The molecule has 2 fully saturated rings. The summed E-state index contributed by atoms with van der Waals surface area (Å²) in [7, 11) is 1.93. The predicted octanol–water partition coefficient (Wildman–Crippen LogP) is 3.74. The molecule has 8 heteroatoms. The molecule has 1 saturated carbocycles. The molecule has 1 aliphatic carbocycles. The maximum absolute atomic E-state index is 14.7. The first-order valence-electron chi connectivity index (χ1n) is 11.3. The van der Waals surface area contributed by atoms with Gasteiger partial charge in [-0.1, -0.05) is 19.3 Å². The molecule has 1 aliphatic heterocycles. The summed E-state index contributed by atoms with van der Waals surface area (Å²) in [4.78, 5) is 28.3. The van der Waals surface area contributed by atoms with Crippen LogP contribution in [-0.2, 0) is 9.53 Å². The van der Waals surface area contributed by atoms with Gasteiger partial charge in [0, 0.05) is 44.8 Å². The van der Waals surface area contributed by atoms with Crippen LogP contribution in [0.15, 0.2) is 18.2 Å². The number of halogens is 1. The molecule has 1 heterocycles. The van der Waals surface area contributed by atoms with Crippen LogP contribution in [-0.4, -0.2) is 61.8 Å². The first-order chi connectivity index (χ1) is 14.8. The topological polar surface area (TPSA) is 73.9 Å². The summed E-state index contributed by atoms with van der Waals surface area (Å²) in [5, 5.41) is 5.31. The Morgan fingerprint density at radius 3 is 2.48 bits per heavy atom. The highest BCUT2D eigenvalue weighted by Gasteiger charge is 2.25. The van der Waals surface area contributed by atoms with Gasteiger partial charge in [-0.3, -0.25) is 4.79 Å². The molecule has 1 aromatic rings. The van der Waals surface area contributed by atoms with E-state index in [-0.39, 0.29) is 36.9 Å². The van der Waals surface area contributed by atoms with Crippen molar-refractivity contribution in [2.75, 3.05) is 36.9 Å². The molecular formula is C23H35FN4O3. The summed E-state index contributed by atoms with van der Waals surface area (Å²) < 4.78 is 20.3. The molecule has 0 radical (unpaired) electrons. The summed E-state index contributed by atoms with van der Waals surface area (Å²) in [5.74, 6) is -0.361. The number of ether oxygens (including phenoxy) is 1.